The molecular formula is C21H14N4O3S. The summed E-state index contributed by atoms with van der Waals surface area (Å²) in [6, 6.07) is 14.3. The molecule has 4 heterocycles. The third kappa shape index (κ3) is 2.81. The maximum atomic E-state index is 12.9. The average molecular weight is 402 g/mol. The summed E-state index contributed by atoms with van der Waals surface area (Å²) in [6.45, 7) is 1.82. The van der Waals surface area contributed by atoms with Gasteiger partial charge in [-0.3, -0.25) is 9.69 Å². The van der Waals surface area contributed by atoms with Crippen LogP contribution in [0.4, 0.5) is 21.9 Å². The third-order valence-electron chi connectivity index (χ3n) is 4.62. The molecule has 7 nitrogen and oxygen atoms in total. The first-order valence-electron chi connectivity index (χ1n) is 8.84. The number of anilines is 3. The fraction of sp³-hybridized carbons (Fsp3) is 0.0476. The number of amides is 2. The van der Waals surface area contributed by atoms with Crippen molar-refractivity contribution in [1.29, 1.82) is 0 Å². The van der Waals surface area contributed by atoms with Gasteiger partial charge in [-0.1, -0.05) is 18.2 Å². The molecule has 1 aliphatic rings. The van der Waals surface area contributed by atoms with Gasteiger partial charge in [0.25, 0.3) is 0 Å². The van der Waals surface area contributed by atoms with Gasteiger partial charge in [0.05, 0.1) is 33.0 Å². The number of pyridine rings is 2. The number of hydrogen-bond donors (Lipinski definition) is 1. The largest absolute Gasteiger partial charge is 0.439 e. The van der Waals surface area contributed by atoms with E-state index in [0.29, 0.717) is 44.1 Å². The van der Waals surface area contributed by atoms with Gasteiger partial charge in [0.15, 0.2) is 6.29 Å². The summed E-state index contributed by atoms with van der Waals surface area (Å²) < 4.78 is 5.78. The number of rotatable bonds is 4. The number of nitrogens with one attached hydrogen (secondary N) is 1. The van der Waals surface area contributed by atoms with Crippen LogP contribution in [0, 0.1) is 6.92 Å². The first kappa shape index (κ1) is 17.3. The highest BCUT2D eigenvalue weighted by Gasteiger charge is 2.31. The Morgan fingerprint density at radius 3 is 2.69 bits per heavy atom. The standard InChI is InChI=1S/C21H14N4O3S/c1-12-14(7-8-17(23-12)28-13-5-3-2-4-6-13)25-15-9-10-22-20-18(15)19(24-21(25)27)16(11-26)29-20/h2-11H,1H3,(H,24,27). The Labute approximate surface area is 169 Å². The minimum atomic E-state index is -0.354. The van der Waals surface area contributed by atoms with Gasteiger partial charge >= 0.3 is 6.03 Å². The molecule has 1 aromatic carbocycles. The molecule has 0 saturated carbocycles. The SMILES string of the molecule is Cc1nc(Oc2ccccc2)ccc1N1C(=O)Nc2c(C=O)sc3nccc1c23. The second kappa shape index (κ2) is 6.68. The fourth-order valence-electron chi connectivity index (χ4n) is 3.36. The third-order valence-corrected chi connectivity index (χ3v) is 5.64. The van der Waals surface area contributed by atoms with E-state index in [0.717, 1.165) is 11.7 Å². The maximum absolute atomic E-state index is 12.9. The Balaban J connectivity index is 1.58. The lowest BCUT2D eigenvalue weighted by Gasteiger charge is -2.29. The zero-order valence-corrected chi connectivity index (χ0v) is 16.1. The van der Waals surface area contributed by atoms with Crippen molar-refractivity contribution in [3.8, 4) is 11.6 Å². The van der Waals surface area contributed by atoms with Crippen molar-refractivity contribution in [2.75, 3.05) is 10.2 Å². The van der Waals surface area contributed by atoms with E-state index in [1.165, 1.54) is 11.3 Å². The minimum absolute atomic E-state index is 0.354. The number of aryl methyl sites for hydroxylation is 1. The molecule has 0 atom stereocenters. The van der Waals surface area contributed by atoms with Gasteiger partial charge in [0.2, 0.25) is 5.88 Å². The first-order valence-corrected chi connectivity index (χ1v) is 9.65. The lowest BCUT2D eigenvalue weighted by atomic mass is 10.1. The molecule has 4 aromatic rings. The Morgan fingerprint density at radius 1 is 1.10 bits per heavy atom. The van der Waals surface area contributed by atoms with Crippen molar-refractivity contribution in [1.82, 2.24) is 9.97 Å². The summed E-state index contributed by atoms with van der Waals surface area (Å²) in [7, 11) is 0. The molecule has 0 saturated heterocycles. The van der Waals surface area contributed by atoms with E-state index in [1.54, 1.807) is 29.3 Å². The van der Waals surface area contributed by atoms with E-state index >= 15 is 0 Å². The van der Waals surface area contributed by atoms with Gasteiger partial charge in [-0.25, -0.2) is 14.8 Å². The normalized spacial score (nSPS) is 12.7. The molecule has 0 spiro atoms. The van der Waals surface area contributed by atoms with Gasteiger partial charge in [-0.05, 0) is 31.2 Å². The Bertz CT molecular complexity index is 1270. The predicted molar refractivity (Wildman–Crippen MR) is 112 cm³/mol. The van der Waals surface area contributed by atoms with Crippen molar-refractivity contribution < 1.29 is 14.3 Å². The lowest BCUT2D eigenvalue weighted by molar-refractivity contribution is 0.112. The summed E-state index contributed by atoms with van der Waals surface area (Å²) >= 11 is 1.25. The number of carbonyl (C=O) groups excluding carboxylic acids is 2. The van der Waals surface area contributed by atoms with Gasteiger partial charge < -0.3 is 10.1 Å². The molecule has 1 aliphatic heterocycles. The maximum Gasteiger partial charge on any atom is 0.331 e. The fourth-order valence-corrected chi connectivity index (χ4v) is 4.30. The van der Waals surface area contributed by atoms with E-state index in [1.807, 2.05) is 37.3 Å². The van der Waals surface area contributed by atoms with Gasteiger partial charge in [-0.15, -0.1) is 11.3 Å². The van der Waals surface area contributed by atoms with E-state index in [4.69, 9.17) is 4.74 Å². The molecule has 1 N–H and O–H groups in total. The molecule has 0 bridgehead atoms. The monoisotopic (exact) mass is 402 g/mol. The van der Waals surface area contributed by atoms with Crippen molar-refractivity contribution in [2.24, 2.45) is 0 Å². The first-order chi connectivity index (χ1) is 14.2. The van der Waals surface area contributed by atoms with Crippen LogP contribution in [0.3, 0.4) is 0 Å². The number of hydrogen-bond acceptors (Lipinski definition) is 6. The number of nitrogens with zero attached hydrogens (tertiary/aromatic N) is 3. The molecule has 3 aromatic heterocycles. The van der Waals surface area contributed by atoms with E-state index in [9.17, 15) is 9.59 Å². The number of thiophene rings is 1. The van der Waals surface area contributed by atoms with Crippen LogP contribution in [0.5, 0.6) is 11.6 Å². The highest BCUT2D eigenvalue weighted by atomic mass is 32.1. The van der Waals surface area contributed by atoms with Gasteiger partial charge in [-0.2, -0.15) is 0 Å². The highest BCUT2D eigenvalue weighted by molar-refractivity contribution is 7.21. The van der Waals surface area contributed by atoms with Crippen molar-refractivity contribution in [3.05, 3.63) is 65.3 Å². The number of para-hydroxylation sites is 1. The summed E-state index contributed by atoms with van der Waals surface area (Å²) in [5, 5.41) is 3.57. The van der Waals surface area contributed by atoms with Crippen LogP contribution in [0.25, 0.3) is 10.2 Å². The number of benzene rings is 1. The average Bonchev–Trinajstić information content (AvgIpc) is 3.09. The number of aldehydes is 1. The lowest BCUT2D eigenvalue weighted by Crippen LogP contribution is -2.34. The molecule has 0 radical (unpaired) electrons. The molecule has 0 aliphatic carbocycles. The van der Waals surface area contributed by atoms with Crippen molar-refractivity contribution >= 4 is 50.9 Å². The van der Waals surface area contributed by atoms with E-state index in [2.05, 4.69) is 15.3 Å². The van der Waals surface area contributed by atoms with Gasteiger partial charge in [0, 0.05) is 12.3 Å². The number of carbonyl (C=O) groups is 2. The van der Waals surface area contributed by atoms with Crippen LogP contribution in [-0.4, -0.2) is 22.3 Å². The summed E-state index contributed by atoms with van der Waals surface area (Å²) in [4.78, 5) is 35.8. The van der Waals surface area contributed by atoms with Crippen LogP contribution in [-0.2, 0) is 0 Å². The molecule has 5 rings (SSSR count). The Kier molecular flexibility index (Phi) is 3.99. The zero-order chi connectivity index (χ0) is 20.0. The Hall–Kier alpha value is -3.78. The zero-order valence-electron chi connectivity index (χ0n) is 15.2. The molecule has 2 amide bonds. The summed E-state index contributed by atoms with van der Waals surface area (Å²) in [6.07, 6.45) is 2.37. The molecule has 0 fully saturated rings. The number of urea groups is 1. The highest BCUT2D eigenvalue weighted by Crippen LogP contribution is 2.45. The number of ether oxygens (including phenoxy) is 1. The summed E-state index contributed by atoms with van der Waals surface area (Å²) in [5.41, 5.74) is 2.44. The van der Waals surface area contributed by atoms with Crippen LogP contribution < -0.4 is 15.0 Å². The molecule has 8 heteroatoms. The van der Waals surface area contributed by atoms with E-state index in [-0.39, 0.29) is 6.03 Å². The minimum Gasteiger partial charge on any atom is -0.439 e. The molecule has 142 valence electrons. The van der Waals surface area contributed by atoms with Crippen LogP contribution in [0.1, 0.15) is 15.4 Å². The Morgan fingerprint density at radius 2 is 1.93 bits per heavy atom. The second-order valence-corrected chi connectivity index (χ2v) is 7.43. The second-order valence-electron chi connectivity index (χ2n) is 6.40. The van der Waals surface area contributed by atoms with Crippen molar-refractivity contribution in [2.45, 2.75) is 6.92 Å². The molecular weight excluding hydrogens is 388 g/mol. The van der Waals surface area contributed by atoms with Gasteiger partial charge in [0.1, 0.15) is 10.6 Å². The number of aromatic nitrogens is 2. The molecule has 29 heavy (non-hydrogen) atoms. The van der Waals surface area contributed by atoms with Crippen LogP contribution in [0.2, 0.25) is 0 Å². The van der Waals surface area contributed by atoms with Crippen LogP contribution in [0.15, 0.2) is 54.7 Å². The quantitative estimate of drug-likeness (QED) is 0.469. The topological polar surface area (TPSA) is 84.4 Å². The van der Waals surface area contributed by atoms with Crippen molar-refractivity contribution in [3.63, 3.8) is 0 Å². The summed E-state index contributed by atoms with van der Waals surface area (Å²) in [5.74, 6) is 1.12. The predicted octanol–water partition coefficient (Wildman–Crippen LogP) is 5.29. The van der Waals surface area contributed by atoms with E-state index < -0.39 is 0 Å². The molecule has 0 unspecified atom stereocenters. The smallest absolute Gasteiger partial charge is 0.331 e. The van der Waals surface area contributed by atoms with Crippen LogP contribution >= 0.6 is 11.3 Å².